The van der Waals surface area contributed by atoms with Gasteiger partial charge in [-0.15, -0.1) is 0 Å². The van der Waals surface area contributed by atoms with E-state index in [1.54, 1.807) is 7.11 Å². The topological polar surface area (TPSA) is 39.7 Å². The van der Waals surface area contributed by atoms with E-state index < -0.39 is 0 Å². The van der Waals surface area contributed by atoms with Gasteiger partial charge in [-0.25, -0.2) is 0 Å². The van der Waals surface area contributed by atoms with Gasteiger partial charge in [-0.1, -0.05) is 25.5 Å². The summed E-state index contributed by atoms with van der Waals surface area (Å²) < 4.78 is 16.1. The average molecular weight is 281 g/mol. The molecule has 0 radical (unpaired) electrons. The van der Waals surface area contributed by atoms with Gasteiger partial charge >= 0.3 is 0 Å². The van der Waals surface area contributed by atoms with Crippen molar-refractivity contribution in [2.24, 2.45) is 0 Å². The lowest BCUT2D eigenvalue weighted by atomic mass is 10.2. The van der Waals surface area contributed by atoms with Crippen LogP contribution in [0.15, 0.2) is 24.3 Å². The number of hydrogen-bond acceptors (Lipinski definition) is 4. The molecule has 0 aliphatic rings. The van der Waals surface area contributed by atoms with Crippen LogP contribution in [0.4, 0.5) is 0 Å². The maximum absolute atomic E-state index is 5.68. The second-order valence-electron chi connectivity index (χ2n) is 4.63. The van der Waals surface area contributed by atoms with Crippen LogP contribution in [0.25, 0.3) is 0 Å². The molecule has 0 heterocycles. The third kappa shape index (κ3) is 8.15. The zero-order valence-electron chi connectivity index (χ0n) is 12.7. The molecule has 0 amide bonds. The third-order valence-corrected chi connectivity index (χ3v) is 2.85. The molecule has 1 N–H and O–H groups in total. The SMILES string of the molecule is CCCCOCCOc1cccc(CNCCOC)c1. The summed E-state index contributed by atoms with van der Waals surface area (Å²) in [5, 5.41) is 3.32. The average Bonchev–Trinajstić information content (AvgIpc) is 2.48. The van der Waals surface area contributed by atoms with Crippen LogP contribution in [0.2, 0.25) is 0 Å². The fourth-order valence-electron chi connectivity index (χ4n) is 1.72. The Morgan fingerprint density at radius 1 is 1.10 bits per heavy atom. The van der Waals surface area contributed by atoms with Gasteiger partial charge in [0.2, 0.25) is 0 Å². The standard InChI is InChI=1S/C16H27NO3/c1-3-4-9-19-11-12-20-16-7-5-6-15(13-16)14-17-8-10-18-2/h5-7,13,17H,3-4,8-12,14H2,1-2H3. The first-order valence-corrected chi connectivity index (χ1v) is 7.36. The molecule has 4 heteroatoms. The van der Waals surface area contributed by atoms with Crippen LogP contribution in [0, 0.1) is 0 Å². The van der Waals surface area contributed by atoms with Crippen LogP contribution in [0.3, 0.4) is 0 Å². The second kappa shape index (κ2) is 11.7. The number of ether oxygens (including phenoxy) is 3. The fourth-order valence-corrected chi connectivity index (χ4v) is 1.72. The molecule has 4 nitrogen and oxygen atoms in total. The lowest BCUT2D eigenvalue weighted by Gasteiger charge is -2.09. The highest BCUT2D eigenvalue weighted by Gasteiger charge is 1.97. The summed E-state index contributed by atoms with van der Waals surface area (Å²) in [4.78, 5) is 0. The van der Waals surface area contributed by atoms with Gasteiger partial charge in [0.1, 0.15) is 12.4 Å². The number of hydrogen-bond donors (Lipinski definition) is 1. The number of unbranched alkanes of at least 4 members (excludes halogenated alkanes) is 1. The molecular weight excluding hydrogens is 254 g/mol. The molecule has 0 aliphatic heterocycles. The van der Waals surface area contributed by atoms with Crippen molar-refractivity contribution >= 4 is 0 Å². The summed E-state index contributed by atoms with van der Waals surface area (Å²) in [5.41, 5.74) is 1.21. The van der Waals surface area contributed by atoms with Gasteiger partial charge in [-0.2, -0.15) is 0 Å². The monoisotopic (exact) mass is 281 g/mol. The number of methoxy groups -OCH3 is 1. The Kier molecular flexibility index (Phi) is 9.92. The molecule has 0 fully saturated rings. The lowest BCUT2D eigenvalue weighted by Crippen LogP contribution is -2.18. The Morgan fingerprint density at radius 2 is 2.00 bits per heavy atom. The Hall–Kier alpha value is -1.10. The molecule has 114 valence electrons. The van der Waals surface area contributed by atoms with Gasteiger partial charge in [0, 0.05) is 26.8 Å². The van der Waals surface area contributed by atoms with Crippen molar-refractivity contribution in [3.63, 3.8) is 0 Å². The summed E-state index contributed by atoms with van der Waals surface area (Å²) in [6, 6.07) is 8.14. The Labute approximate surface area is 122 Å². The van der Waals surface area contributed by atoms with Gasteiger partial charge in [-0.3, -0.25) is 0 Å². The minimum absolute atomic E-state index is 0.601. The summed E-state index contributed by atoms with van der Waals surface area (Å²) in [6.45, 7) is 6.64. The maximum atomic E-state index is 5.68. The number of rotatable bonds is 12. The maximum Gasteiger partial charge on any atom is 0.119 e. The summed E-state index contributed by atoms with van der Waals surface area (Å²) in [6.07, 6.45) is 2.28. The largest absolute Gasteiger partial charge is 0.491 e. The zero-order chi connectivity index (χ0) is 14.5. The van der Waals surface area contributed by atoms with Gasteiger partial charge in [0.25, 0.3) is 0 Å². The van der Waals surface area contributed by atoms with E-state index in [2.05, 4.69) is 24.4 Å². The molecule has 0 bridgehead atoms. The van der Waals surface area contributed by atoms with Crippen LogP contribution in [0.5, 0.6) is 5.75 Å². The van der Waals surface area contributed by atoms with Crippen molar-refractivity contribution in [2.45, 2.75) is 26.3 Å². The van der Waals surface area contributed by atoms with E-state index in [1.165, 1.54) is 12.0 Å². The van der Waals surface area contributed by atoms with Crippen LogP contribution in [-0.4, -0.2) is 40.1 Å². The van der Waals surface area contributed by atoms with E-state index in [1.807, 2.05) is 12.1 Å². The van der Waals surface area contributed by atoms with Gasteiger partial charge < -0.3 is 19.5 Å². The molecule has 1 aromatic rings. The van der Waals surface area contributed by atoms with Crippen molar-refractivity contribution in [2.75, 3.05) is 40.1 Å². The molecule has 0 saturated heterocycles. The normalized spacial score (nSPS) is 10.7. The van der Waals surface area contributed by atoms with Crippen LogP contribution in [0.1, 0.15) is 25.3 Å². The number of nitrogens with one attached hydrogen (secondary N) is 1. The predicted molar refractivity (Wildman–Crippen MR) is 81.2 cm³/mol. The Balaban J connectivity index is 2.18. The van der Waals surface area contributed by atoms with E-state index >= 15 is 0 Å². The minimum Gasteiger partial charge on any atom is -0.491 e. The highest BCUT2D eigenvalue weighted by molar-refractivity contribution is 5.28. The van der Waals surface area contributed by atoms with Crippen LogP contribution in [-0.2, 0) is 16.0 Å². The van der Waals surface area contributed by atoms with E-state index in [9.17, 15) is 0 Å². The summed E-state index contributed by atoms with van der Waals surface area (Å²) in [7, 11) is 1.71. The van der Waals surface area contributed by atoms with E-state index in [0.717, 1.165) is 38.5 Å². The van der Waals surface area contributed by atoms with Crippen LogP contribution >= 0.6 is 0 Å². The first-order valence-electron chi connectivity index (χ1n) is 7.36. The second-order valence-corrected chi connectivity index (χ2v) is 4.63. The quantitative estimate of drug-likeness (QED) is 0.598. The molecule has 0 atom stereocenters. The molecule has 20 heavy (non-hydrogen) atoms. The van der Waals surface area contributed by atoms with Crippen molar-refractivity contribution in [1.82, 2.24) is 5.32 Å². The zero-order valence-corrected chi connectivity index (χ0v) is 12.7. The first kappa shape index (κ1) is 17.0. The highest BCUT2D eigenvalue weighted by Crippen LogP contribution is 2.13. The van der Waals surface area contributed by atoms with E-state index in [4.69, 9.17) is 14.2 Å². The van der Waals surface area contributed by atoms with E-state index in [0.29, 0.717) is 13.2 Å². The Morgan fingerprint density at radius 3 is 2.80 bits per heavy atom. The number of benzene rings is 1. The third-order valence-electron chi connectivity index (χ3n) is 2.85. The molecule has 0 aromatic heterocycles. The van der Waals surface area contributed by atoms with Gasteiger partial charge in [0.15, 0.2) is 0 Å². The summed E-state index contributed by atoms with van der Waals surface area (Å²) >= 11 is 0. The lowest BCUT2D eigenvalue weighted by molar-refractivity contribution is 0.0980. The van der Waals surface area contributed by atoms with Crippen molar-refractivity contribution in [3.8, 4) is 5.75 Å². The van der Waals surface area contributed by atoms with Crippen molar-refractivity contribution < 1.29 is 14.2 Å². The van der Waals surface area contributed by atoms with E-state index in [-0.39, 0.29) is 0 Å². The molecule has 0 spiro atoms. The first-order chi connectivity index (χ1) is 9.86. The molecule has 1 rings (SSSR count). The molecular formula is C16H27NO3. The molecule has 1 aromatic carbocycles. The van der Waals surface area contributed by atoms with Crippen molar-refractivity contribution in [3.05, 3.63) is 29.8 Å². The van der Waals surface area contributed by atoms with Gasteiger partial charge in [0.05, 0.1) is 13.2 Å². The summed E-state index contributed by atoms with van der Waals surface area (Å²) in [5.74, 6) is 0.898. The Bertz CT molecular complexity index is 344. The van der Waals surface area contributed by atoms with Crippen LogP contribution < -0.4 is 10.1 Å². The smallest absolute Gasteiger partial charge is 0.119 e. The highest BCUT2D eigenvalue weighted by atomic mass is 16.5. The molecule has 0 unspecified atom stereocenters. The van der Waals surface area contributed by atoms with Crippen molar-refractivity contribution in [1.29, 1.82) is 0 Å². The fraction of sp³-hybridized carbons (Fsp3) is 0.625. The molecule has 0 saturated carbocycles. The molecule has 0 aliphatic carbocycles. The predicted octanol–water partition coefficient (Wildman–Crippen LogP) is 2.62. The minimum atomic E-state index is 0.601. The van der Waals surface area contributed by atoms with Gasteiger partial charge in [-0.05, 0) is 24.1 Å².